The van der Waals surface area contributed by atoms with Crippen LogP contribution in [0.3, 0.4) is 0 Å². The summed E-state index contributed by atoms with van der Waals surface area (Å²) in [5, 5.41) is 12.0. The molecule has 3 heteroatoms. The lowest BCUT2D eigenvalue weighted by molar-refractivity contribution is -0.137. The molecule has 1 saturated heterocycles. The summed E-state index contributed by atoms with van der Waals surface area (Å²) < 4.78 is 0. The fraction of sp³-hybridized carbons (Fsp3) is 0.900. The highest BCUT2D eigenvalue weighted by molar-refractivity contribution is 5.66. The first kappa shape index (κ1) is 9.00. The van der Waals surface area contributed by atoms with Gasteiger partial charge in [-0.05, 0) is 50.1 Å². The molecule has 0 aromatic carbocycles. The van der Waals surface area contributed by atoms with Crippen LogP contribution in [0.2, 0.25) is 0 Å². The van der Waals surface area contributed by atoms with Crippen LogP contribution in [0.1, 0.15) is 32.1 Å². The molecule has 1 saturated carbocycles. The average molecular weight is 183 g/mol. The number of hydrogen-bond donors (Lipinski definition) is 2. The highest BCUT2D eigenvalue weighted by atomic mass is 16.4. The molecule has 74 valence electrons. The summed E-state index contributed by atoms with van der Waals surface area (Å²) in [7, 11) is 0. The molecule has 0 amide bonds. The van der Waals surface area contributed by atoms with Gasteiger partial charge in [0.25, 0.3) is 0 Å². The van der Waals surface area contributed by atoms with E-state index in [4.69, 9.17) is 5.11 Å². The summed E-state index contributed by atoms with van der Waals surface area (Å²) in [5.41, 5.74) is 0.556. The van der Waals surface area contributed by atoms with Gasteiger partial charge in [-0.3, -0.25) is 4.79 Å². The van der Waals surface area contributed by atoms with E-state index in [9.17, 15) is 4.79 Å². The fourth-order valence-electron chi connectivity index (χ4n) is 2.56. The monoisotopic (exact) mass is 183 g/mol. The fourth-order valence-corrected chi connectivity index (χ4v) is 2.56. The Morgan fingerprint density at radius 3 is 2.85 bits per heavy atom. The quantitative estimate of drug-likeness (QED) is 0.692. The molecule has 13 heavy (non-hydrogen) atoms. The zero-order chi connectivity index (χ0) is 9.31. The van der Waals surface area contributed by atoms with Crippen molar-refractivity contribution >= 4 is 5.97 Å². The van der Waals surface area contributed by atoms with E-state index in [1.807, 2.05) is 0 Å². The Kier molecular flexibility index (Phi) is 2.28. The predicted octanol–water partition coefficient (Wildman–Crippen LogP) is 1.24. The van der Waals surface area contributed by atoms with Crippen molar-refractivity contribution in [2.24, 2.45) is 11.3 Å². The van der Waals surface area contributed by atoms with Crippen molar-refractivity contribution in [2.75, 3.05) is 13.1 Å². The molecule has 0 radical (unpaired) electrons. The van der Waals surface area contributed by atoms with Crippen LogP contribution in [0.15, 0.2) is 0 Å². The lowest BCUT2D eigenvalue weighted by atomic mass is 9.80. The standard InChI is InChI=1S/C10H17NO2/c12-9(13)2-1-8-7-11-6-5-10(8)3-4-10/h8,11H,1-7H2,(H,12,13). The lowest BCUT2D eigenvalue weighted by Crippen LogP contribution is -2.38. The van der Waals surface area contributed by atoms with Crippen molar-refractivity contribution in [3.63, 3.8) is 0 Å². The highest BCUT2D eigenvalue weighted by Crippen LogP contribution is 2.56. The molecule has 2 aliphatic rings. The molecule has 1 atom stereocenters. The van der Waals surface area contributed by atoms with Crippen LogP contribution in [0.5, 0.6) is 0 Å². The number of nitrogens with one attached hydrogen (secondary N) is 1. The summed E-state index contributed by atoms with van der Waals surface area (Å²) in [5.74, 6) is -0.0290. The third-order valence-electron chi connectivity index (χ3n) is 3.66. The number of carboxylic acids is 1. The number of hydrogen-bond acceptors (Lipinski definition) is 2. The third kappa shape index (κ3) is 1.85. The number of carboxylic acid groups (broad SMARTS) is 1. The van der Waals surface area contributed by atoms with Gasteiger partial charge in [0, 0.05) is 6.42 Å². The van der Waals surface area contributed by atoms with E-state index in [1.165, 1.54) is 19.3 Å². The van der Waals surface area contributed by atoms with Gasteiger partial charge >= 0.3 is 5.97 Å². The number of piperidine rings is 1. The van der Waals surface area contributed by atoms with Gasteiger partial charge in [-0.15, -0.1) is 0 Å². The Labute approximate surface area is 78.5 Å². The molecule has 0 bridgehead atoms. The second kappa shape index (κ2) is 3.29. The minimum absolute atomic E-state index is 0.341. The van der Waals surface area contributed by atoms with E-state index < -0.39 is 5.97 Å². The summed E-state index contributed by atoms with van der Waals surface area (Å²) in [6, 6.07) is 0. The van der Waals surface area contributed by atoms with Gasteiger partial charge < -0.3 is 10.4 Å². The van der Waals surface area contributed by atoms with Gasteiger partial charge in [-0.25, -0.2) is 0 Å². The molecule has 0 aromatic heterocycles. The van der Waals surface area contributed by atoms with E-state index in [0.717, 1.165) is 19.5 Å². The van der Waals surface area contributed by atoms with Crippen LogP contribution >= 0.6 is 0 Å². The van der Waals surface area contributed by atoms with E-state index >= 15 is 0 Å². The molecule has 0 aromatic rings. The van der Waals surface area contributed by atoms with Gasteiger partial charge in [0.1, 0.15) is 0 Å². The van der Waals surface area contributed by atoms with Crippen molar-refractivity contribution < 1.29 is 9.90 Å². The highest BCUT2D eigenvalue weighted by Gasteiger charge is 2.49. The van der Waals surface area contributed by atoms with Crippen molar-refractivity contribution in [3.05, 3.63) is 0 Å². The molecule has 2 N–H and O–H groups in total. The van der Waals surface area contributed by atoms with Gasteiger partial charge in [0.05, 0.1) is 0 Å². The summed E-state index contributed by atoms with van der Waals surface area (Å²) >= 11 is 0. The van der Waals surface area contributed by atoms with E-state index in [2.05, 4.69) is 5.32 Å². The van der Waals surface area contributed by atoms with Crippen LogP contribution < -0.4 is 5.32 Å². The largest absolute Gasteiger partial charge is 0.481 e. The van der Waals surface area contributed by atoms with Gasteiger partial charge in [-0.2, -0.15) is 0 Å². The summed E-state index contributed by atoms with van der Waals surface area (Å²) in [6.45, 7) is 2.16. The van der Waals surface area contributed by atoms with Gasteiger partial charge in [0.15, 0.2) is 0 Å². The average Bonchev–Trinajstić information content (AvgIpc) is 2.84. The molecule has 2 fully saturated rings. The first-order chi connectivity index (χ1) is 6.23. The molecular formula is C10H17NO2. The maximum absolute atomic E-state index is 10.5. The van der Waals surface area contributed by atoms with E-state index in [-0.39, 0.29) is 0 Å². The van der Waals surface area contributed by atoms with E-state index in [1.54, 1.807) is 0 Å². The second-order valence-corrected chi connectivity index (χ2v) is 4.45. The molecule has 1 aliphatic heterocycles. The number of carbonyl (C=O) groups is 1. The lowest BCUT2D eigenvalue weighted by Gasteiger charge is -2.32. The molecule has 1 heterocycles. The van der Waals surface area contributed by atoms with Gasteiger partial charge in [-0.1, -0.05) is 0 Å². The molecule has 3 nitrogen and oxygen atoms in total. The third-order valence-corrected chi connectivity index (χ3v) is 3.66. The van der Waals surface area contributed by atoms with Crippen LogP contribution in [-0.4, -0.2) is 24.2 Å². The zero-order valence-corrected chi connectivity index (χ0v) is 7.88. The smallest absolute Gasteiger partial charge is 0.303 e. The first-order valence-corrected chi connectivity index (χ1v) is 5.15. The summed E-state index contributed by atoms with van der Waals surface area (Å²) in [6.07, 6.45) is 5.13. The molecular weight excluding hydrogens is 166 g/mol. The molecule has 1 spiro atoms. The maximum atomic E-state index is 10.5. The van der Waals surface area contributed by atoms with Crippen molar-refractivity contribution in [1.82, 2.24) is 5.32 Å². The minimum Gasteiger partial charge on any atom is -0.481 e. The maximum Gasteiger partial charge on any atom is 0.303 e. The topological polar surface area (TPSA) is 49.3 Å². The Hall–Kier alpha value is -0.570. The normalized spacial score (nSPS) is 30.3. The van der Waals surface area contributed by atoms with Crippen LogP contribution in [-0.2, 0) is 4.79 Å². The van der Waals surface area contributed by atoms with Gasteiger partial charge in [0.2, 0.25) is 0 Å². The molecule has 1 unspecified atom stereocenters. The second-order valence-electron chi connectivity index (χ2n) is 4.45. The van der Waals surface area contributed by atoms with Crippen molar-refractivity contribution in [3.8, 4) is 0 Å². The number of aliphatic carboxylic acids is 1. The molecule has 1 aliphatic carbocycles. The Morgan fingerprint density at radius 1 is 1.46 bits per heavy atom. The number of rotatable bonds is 3. The van der Waals surface area contributed by atoms with E-state index in [0.29, 0.717) is 17.8 Å². The Balaban J connectivity index is 1.85. The minimum atomic E-state index is -0.652. The SMILES string of the molecule is O=C(O)CCC1CNCCC12CC2. The van der Waals surface area contributed by atoms with Crippen LogP contribution in [0.4, 0.5) is 0 Å². The summed E-state index contributed by atoms with van der Waals surface area (Å²) in [4.78, 5) is 10.5. The molecule has 2 rings (SSSR count). The van der Waals surface area contributed by atoms with Crippen LogP contribution in [0.25, 0.3) is 0 Å². The van der Waals surface area contributed by atoms with Crippen molar-refractivity contribution in [1.29, 1.82) is 0 Å². The Bertz CT molecular complexity index is 211. The predicted molar refractivity (Wildman–Crippen MR) is 49.5 cm³/mol. The van der Waals surface area contributed by atoms with Crippen molar-refractivity contribution in [2.45, 2.75) is 32.1 Å². The van der Waals surface area contributed by atoms with Crippen LogP contribution in [0, 0.1) is 11.3 Å². The Morgan fingerprint density at radius 2 is 2.23 bits per heavy atom. The first-order valence-electron chi connectivity index (χ1n) is 5.15. The zero-order valence-electron chi connectivity index (χ0n) is 7.88.